The van der Waals surface area contributed by atoms with Crippen LogP contribution in [0.5, 0.6) is 0 Å². The second-order valence-electron chi connectivity index (χ2n) is 5.59. The van der Waals surface area contributed by atoms with Crippen molar-refractivity contribution in [3.63, 3.8) is 0 Å². The van der Waals surface area contributed by atoms with E-state index in [0.29, 0.717) is 5.56 Å². The maximum absolute atomic E-state index is 13.2. The van der Waals surface area contributed by atoms with Crippen LogP contribution in [-0.2, 0) is 9.53 Å². The monoisotopic (exact) mass is 359 g/mol. The van der Waals surface area contributed by atoms with E-state index in [4.69, 9.17) is 4.74 Å². The minimum Gasteiger partial charge on any atom is -0.481 e. The summed E-state index contributed by atoms with van der Waals surface area (Å²) in [7, 11) is 1.19. The van der Waals surface area contributed by atoms with Gasteiger partial charge < -0.3 is 14.4 Å². The van der Waals surface area contributed by atoms with Gasteiger partial charge in [-0.25, -0.2) is 14.3 Å². The van der Waals surface area contributed by atoms with Gasteiger partial charge in [0.15, 0.2) is 0 Å². The number of benzene rings is 1. The number of halogens is 1. The van der Waals surface area contributed by atoms with Crippen molar-refractivity contribution in [2.45, 2.75) is 12.5 Å². The third-order valence-corrected chi connectivity index (χ3v) is 3.97. The lowest BCUT2D eigenvalue weighted by Gasteiger charge is -2.21. The van der Waals surface area contributed by atoms with E-state index in [1.165, 1.54) is 48.3 Å². The molecule has 1 atom stereocenters. The number of methoxy groups -OCH3 is 1. The molecular formula is C17H14FN3O5. The maximum Gasteiger partial charge on any atom is 0.341 e. The Morgan fingerprint density at radius 1 is 1.31 bits per heavy atom. The summed E-state index contributed by atoms with van der Waals surface area (Å²) in [5.74, 6) is -2.28. The number of ether oxygens (including phenoxy) is 1. The molecule has 0 saturated heterocycles. The highest BCUT2D eigenvalue weighted by molar-refractivity contribution is 5.96. The number of nitrogens with zero attached hydrogens (tertiary/aromatic N) is 2. The van der Waals surface area contributed by atoms with Crippen LogP contribution in [-0.4, -0.2) is 38.9 Å². The Labute approximate surface area is 146 Å². The minimum absolute atomic E-state index is 0.0147. The van der Waals surface area contributed by atoms with Crippen molar-refractivity contribution in [3.8, 4) is 11.3 Å². The van der Waals surface area contributed by atoms with Crippen molar-refractivity contribution in [1.29, 1.82) is 0 Å². The van der Waals surface area contributed by atoms with Gasteiger partial charge in [0.2, 0.25) is 0 Å². The second kappa shape index (κ2) is 6.79. The van der Waals surface area contributed by atoms with E-state index in [-0.39, 0.29) is 23.2 Å². The average molecular weight is 359 g/mol. The lowest BCUT2D eigenvalue weighted by atomic mass is 10.0. The fourth-order valence-corrected chi connectivity index (χ4v) is 2.74. The molecule has 0 aliphatic carbocycles. The van der Waals surface area contributed by atoms with Crippen LogP contribution >= 0.6 is 0 Å². The van der Waals surface area contributed by atoms with Crippen LogP contribution in [0.4, 0.5) is 4.39 Å². The first-order chi connectivity index (χ1) is 12.4. The van der Waals surface area contributed by atoms with Gasteiger partial charge in [-0.2, -0.15) is 5.10 Å². The number of carbonyl (C=O) groups excluding carboxylic acids is 1. The molecule has 134 valence electrons. The van der Waals surface area contributed by atoms with E-state index in [0.717, 1.165) is 0 Å². The fraction of sp³-hybridized carbons (Fsp3) is 0.176. The Balaban J connectivity index is 2.21. The number of hydrogen-bond donors (Lipinski definition) is 2. The highest BCUT2D eigenvalue weighted by Crippen LogP contribution is 2.28. The standard InChI is InChI=1S/C17H14FN3O5/c1-26-17(25)12-8-21(7-11-15(12)19-20-16(11)24)13(6-14(22)23)9-2-4-10(18)5-3-9/h2-5,7-8,13H,6H2,1H3,(H,20,24)(H,22,23). The van der Waals surface area contributed by atoms with Crippen LogP contribution in [0.1, 0.15) is 28.4 Å². The number of pyridine rings is 1. The molecular weight excluding hydrogens is 345 g/mol. The van der Waals surface area contributed by atoms with E-state index in [9.17, 15) is 23.9 Å². The van der Waals surface area contributed by atoms with Gasteiger partial charge in [-0.3, -0.25) is 9.59 Å². The van der Waals surface area contributed by atoms with Crippen LogP contribution in [0.15, 0.2) is 41.5 Å². The normalized spacial score (nSPS) is 12.1. The minimum atomic E-state index is -1.10. The van der Waals surface area contributed by atoms with Gasteiger partial charge in [0.1, 0.15) is 17.1 Å². The van der Waals surface area contributed by atoms with E-state index < -0.39 is 29.4 Å². The fourth-order valence-electron chi connectivity index (χ4n) is 2.74. The first-order valence-electron chi connectivity index (χ1n) is 7.56. The van der Waals surface area contributed by atoms with Gasteiger partial charge >= 0.3 is 11.9 Å². The molecule has 0 aromatic heterocycles. The molecule has 0 amide bonds. The first-order valence-corrected chi connectivity index (χ1v) is 7.56. The molecule has 0 saturated carbocycles. The molecule has 1 unspecified atom stereocenters. The number of aliphatic carboxylic acids is 1. The number of carboxylic acid groups (broad SMARTS) is 1. The number of carbonyl (C=O) groups is 2. The van der Waals surface area contributed by atoms with Gasteiger partial charge in [0.25, 0.3) is 5.56 Å². The third kappa shape index (κ3) is 3.18. The summed E-state index contributed by atoms with van der Waals surface area (Å²) in [5.41, 5.74) is 0.245. The van der Waals surface area contributed by atoms with Gasteiger partial charge in [-0.1, -0.05) is 12.1 Å². The number of rotatable bonds is 5. The zero-order chi connectivity index (χ0) is 18.8. The molecule has 2 N–H and O–H groups in total. The van der Waals surface area contributed by atoms with E-state index >= 15 is 0 Å². The lowest BCUT2D eigenvalue weighted by molar-refractivity contribution is -0.137. The number of aromatic nitrogens is 3. The number of esters is 1. The number of nitrogens with one attached hydrogen (secondary N) is 1. The Kier molecular flexibility index (Phi) is 4.53. The van der Waals surface area contributed by atoms with Gasteiger partial charge in [-0.15, -0.1) is 0 Å². The molecule has 0 spiro atoms. The van der Waals surface area contributed by atoms with Gasteiger partial charge in [-0.05, 0) is 17.7 Å². The Hall–Kier alpha value is -3.49. The van der Waals surface area contributed by atoms with E-state index in [1.54, 1.807) is 0 Å². The quantitative estimate of drug-likeness (QED) is 0.670. The smallest absolute Gasteiger partial charge is 0.341 e. The SMILES string of the molecule is COC(=O)c1cn(C(CC(=O)O)c2ccc(F)cc2)cc2c(=O)[nH]nc1-2. The summed E-state index contributed by atoms with van der Waals surface area (Å²) in [4.78, 5) is 35.3. The third-order valence-electron chi connectivity index (χ3n) is 3.97. The molecule has 1 aromatic rings. The summed E-state index contributed by atoms with van der Waals surface area (Å²) in [5, 5.41) is 15.3. The van der Waals surface area contributed by atoms with Crippen LogP contribution in [0.25, 0.3) is 11.3 Å². The Morgan fingerprint density at radius 3 is 2.62 bits per heavy atom. The molecule has 0 radical (unpaired) electrons. The molecule has 0 fully saturated rings. The molecule has 2 heterocycles. The Bertz CT molecular complexity index is 992. The van der Waals surface area contributed by atoms with Crippen molar-refractivity contribution in [2.24, 2.45) is 0 Å². The molecule has 8 nitrogen and oxygen atoms in total. The van der Waals surface area contributed by atoms with Gasteiger partial charge in [0, 0.05) is 12.4 Å². The summed E-state index contributed by atoms with van der Waals surface area (Å²) in [6, 6.07) is 4.55. The summed E-state index contributed by atoms with van der Waals surface area (Å²) < 4.78 is 19.4. The average Bonchev–Trinajstić information content (AvgIpc) is 3.00. The number of carboxylic acids is 1. The molecule has 3 rings (SSSR count). The van der Waals surface area contributed by atoms with Crippen molar-refractivity contribution >= 4 is 11.9 Å². The zero-order valence-corrected chi connectivity index (χ0v) is 13.6. The molecule has 0 bridgehead atoms. The number of aromatic amines is 1. The summed E-state index contributed by atoms with van der Waals surface area (Å²) in [6.45, 7) is 0. The van der Waals surface area contributed by atoms with Crippen molar-refractivity contribution in [2.75, 3.05) is 7.11 Å². The molecule has 2 aliphatic heterocycles. The predicted molar refractivity (Wildman–Crippen MR) is 87.6 cm³/mol. The predicted octanol–water partition coefficient (Wildman–Crippen LogP) is 1.67. The zero-order valence-electron chi connectivity index (χ0n) is 13.6. The number of H-pyrrole nitrogens is 1. The van der Waals surface area contributed by atoms with Crippen LogP contribution in [0, 0.1) is 5.82 Å². The summed E-state index contributed by atoms with van der Waals surface area (Å²) >= 11 is 0. The molecule has 2 aliphatic rings. The maximum atomic E-state index is 13.2. The summed E-state index contributed by atoms with van der Waals surface area (Å²) in [6.07, 6.45) is 2.43. The first kappa shape index (κ1) is 17.3. The van der Waals surface area contributed by atoms with Crippen molar-refractivity contribution < 1.29 is 23.8 Å². The molecule has 26 heavy (non-hydrogen) atoms. The second-order valence-corrected chi connectivity index (χ2v) is 5.59. The van der Waals surface area contributed by atoms with E-state index in [1.807, 2.05) is 0 Å². The van der Waals surface area contributed by atoms with Crippen LogP contribution in [0.2, 0.25) is 0 Å². The van der Waals surface area contributed by atoms with Crippen LogP contribution in [0.3, 0.4) is 0 Å². The van der Waals surface area contributed by atoms with Crippen molar-refractivity contribution in [1.82, 2.24) is 14.8 Å². The molecule has 9 heteroatoms. The lowest BCUT2D eigenvalue weighted by Crippen LogP contribution is -2.19. The largest absolute Gasteiger partial charge is 0.481 e. The number of fused-ring (bicyclic) bond motifs is 1. The Morgan fingerprint density at radius 2 is 2.00 bits per heavy atom. The molecule has 1 aromatic carbocycles. The topological polar surface area (TPSA) is 114 Å². The number of hydrogen-bond acceptors (Lipinski definition) is 5. The highest BCUT2D eigenvalue weighted by atomic mass is 19.1. The van der Waals surface area contributed by atoms with Crippen LogP contribution < -0.4 is 5.56 Å². The van der Waals surface area contributed by atoms with E-state index in [2.05, 4.69) is 10.2 Å². The van der Waals surface area contributed by atoms with Gasteiger partial charge in [0.05, 0.1) is 25.1 Å². The van der Waals surface area contributed by atoms with Crippen molar-refractivity contribution in [3.05, 3.63) is 64.0 Å². The highest BCUT2D eigenvalue weighted by Gasteiger charge is 2.25.